The number of aromatic nitrogens is 4. The number of thioether (sulfide) groups is 2. The lowest BCUT2D eigenvalue weighted by Crippen LogP contribution is -2.20. The van der Waals surface area contributed by atoms with Crippen LogP contribution in [0, 0.1) is 0 Å². The topological polar surface area (TPSA) is 63.1 Å². The Bertz CT molecular complexity index is 588. The van der Waals surface area contributed by atoms with Crippen LogP contribution in [-0.4, -0.2) is 25.8 Å². The highest BCUT2D eigenvalue weighted by Gasteiger charge is 2.19. The molecule has 0 amide bonds. The third-order valence-electron chi connectivity index (χ3n) is 2.33. The van der Waals surface area contributed by atoms with Gasteiger partial charge in [0.1, 0.15) is 0 Å². The lowest BCUT2D eigenvalue weighted by atomic mass is 10.3. The minimum Gasteiger partial charge on any atom is -0.267 e. The summed E-state index contributed by atoms with van der Waals surface area (Å²) in [4.78, 5) is 20.6. The highest BCUT2D eigenvalue weighted by molar-refractivity contribution is 7.98. The molecule has 0 saturated carbocycles. The minimum atomic E-state index is -0.00667. The fourth-order valence-corrected chi connectivity index (χ4v) is 2.96. The Kier molecular flexibility index (Phi) is 2.03. The second kappa shape index (κ2) is 3.28. The molecule has 7 heteroatoms. The molecule has 0 radical (unpaired) electrons. The number of rotatable bonds is 1. The van der Waals surface area contributed by atoms with Crippen LogP contribution in [0.2, 0.25) is 0 Å². The monoisotopic (exact) mass is 240 g/mol. The molecule has 3 heterocycles. The van der Waals surface area contributed by atoms with Crippen molar-refractivity contribution in [2.75, 3.05) is 6.26 Å². The van der Waals surface area contributed by atoms with Gasteiger partial charge in [-0.25, -0.2) is 4.98 Å². The maximum Gasteiger partial charge on any atom is 0.278 e. The van der Waals surface area contributed by atoms with E-state index in [9.17, 15) is 4.79 Å². The van der Waals surface area contributed by atoms with Crippen LogP contribution < -0.4 is 5.56 Å². The van der Waals surface area contributed by atoms with E-state index >= 15 is 0 Å². The smallest absolute Gasteiger partial charge is 0.267 e. The first-order chi connectivity index (χ1) is 7.29. The zero-order chi connectivity index (χ0) is 10.4. The summed E-state index contributed by atoms with van der Waals surface area (Å²) >= 11 is 3.19. The molecule has 0 saturated heterocycles. The molecular weight excluding hydrogens is 232 g/mol. The van der Waals surface area contributed by atoms with Crippen molar-refractivity contribution in [3.05, 3.63) is 21.6 Å². The predicted octanol–water partition coefficient (Wildman–Crippen LogP) is 0.886. The zero-order valence-electron chi connectivity index (χ0n) is 7.98. The summed E-state index contributed by atoms with van der Waals surface area (Å²) in [6, 6.07) is 0. The average Bonchev–Trinajstić information content (AvgIpc) is 2.83. The van der Waals surface area contributed by atoms with E-state index in [1.54, 1.807) is 11.8 Å². The molecule has 2 aromatic heterocycles. The van der Waals surface area contributed by atoms with Crippen LogP contribution in [0.1, 0.15) is 11.3 Å². The van der Waals surface area contributed by atoms with Gasteiger partial charge in [0, 0.05) is 11.5 Å². The molecule has 0 aromatic carbocycles. The van der Waals surface area contributed by atoms with E-state index < -0.39 is 0 Å². The van der Waals surface area contributed by atoms with Crippen molar-refractivity contribution < 1.29 is 0 Å². The molecule has 5 nitrogen and oxygen atoms in total. The summed E-state index contributed by atoms with van der Waals surface area (Å²) in [6.07, 6.45) is 1.91. The van der Waals surface area contributed by atoms with Crippen molar-refractivity contribution in [1.29, 1.82) is 0 Å². The first-order valence-electron chi connectivity index (χ1n) is 4.42. The number of aromatic amines is 1. The van der Waals surface area contributed by atoms with Crippen LogP contribution in [0.4, 0.5) is 0 Å². The quantitative estimate of drug-likeness (QED) is 0.750. The van der Waals surface area contributed by atoms with Gasteiger partial charge in [-0.05, 0) is 6.26 Å². The fourth-order valence-electron chi connectivity index (χ4n) is 1.58. The molecule has 15 heavy (non-hydrogen) atoms. The summed E-state index contributed by atoms with van der Waals surface area (Å²) < 4.78 is 1.43. The van der Waals surface area contributed by atoms with Crippen molar-refractivity contribution in [1.82, 2.24) is 19.6 Å². The Hall–Kier alpha value is -0.950. The van der Waals surface area contributed by atoms with Crippen molar-refractivity contribution in [2.45, 2.75) is 16.7 Å². The summed E-state index contributed by atoms with van der Waals surface area (Å²) in [6.45, 7) is 0. The third kappa shape index (κ3) is 1.30. The van der Waals surface area contributed by atoms with E-state index in [1.165, 1.54) is 16.3 Å². The molecule has 1 aliphatic heterocycles. The van der Waals surface area contributed by atoms with E-state index in [2.05, 4.69) is 15.1 Å². The first-order valence-corrected chi connectivity index (χ1v) is 6.80. The predicted molar refractivity (Wildman–Crippen MR) is 60.4 cm³/mol. The molecule has 0 unspecified atom stereocenters. The largest absolute Gasteiger partial charge is 0.278 e. The van der Waals surface area contributed by atoms with E-state index in [0.29, 0.717) is 5.78 Å². The molecule has 0 spiro atoms. The van der Waals surface area contributed by atoms with Crippen molar-refractivity contribution >= 4 is 29.3 Å². The number of H-pyrrole nitrogens is 1. The van der Waals surface area contributed by atoms with E-state index in [-0.39, 0.29) is 5.56 Å². The Morgan fingerprint density at radius 2 is 2.33 bits per heavy atom. The number of fused-ring (bicyclic) bond motifs is 2. The molecule has 3 rings (SSSR count). The summed E-state index contributed by atoms with van der Waals surface area (Å²) in [5.41, 5.74) is 1.70. The van der Waals surface area contributed by atoms with Crippen LogP contribution >= 0.6 is 23.5 Å². The number of nitrogens with zero attached hydrogens (tertiary/aromatic N) is 3. The van der Waals surface area contributed by atoms with E-state index in [1.807, 2.05) is 6.26 Å². The van der Waals surface area contributed by atoms with Crippen LogP contribution in [0.25, 0.3) is 5.78 Å². The highest BCUT2D eigenvalue weighted by atomic mass is 32.2. The van der Waals surface area contributed by atoms with Gasteiger partial charge in [-0.15, -0.1) is 0 Å². The van der Waals surface area contributed by atoms with Crippen molar-refractivity contribution in [3.8, 4) is 0 Å². The van der Waals surface area contributed by atoms with Crippen molar-refractivity contribution in [2.24, 2.45) is 0 Å². The van der Waals surface area contributed by atoms with Gasteiger partial charge >= 0.3 is 0 Å². The lowest BCUT2D eigenvalue weighted by Gasteiger charge is -1.95. The van der Waals surface area contributed by atoms with Gasteiger partial charge in [0.25, 0.3) is 11.3 Å². The zero-order valence-corrected chi connectivity index (χ0v) is 9.61. The first kappa shape index (κ1) is 9.29. The maximum absolute atomic E-state index is 12.0. The SMILES string of the molecule is CSc1nc2nc3c(c(=O)n2[nH]1)CSC3. The minimum absolute atomic E-state index is 0.00667. The van der Waals surface area contributed by atoms with Gasteiger partial charge in [-0.3, -0.25) is 9.89 Å². The van der Waals surface area contributed by atoms with Gasteiger partial charge in [-0.1, -0.05) is 11.8 Å². The van der Waals surface area contributed by atoms with Gasteiger partial charge in [0.15, 0.2) is 5.16 Å². The summed E-state index contributed by atoms with van der Waals surface area (Å²) in [7, 11) is 0. The molecule has 1 N–H and O–H groups in total. The molecular formula is C8H8N4OS2. The Morgan fingerprint density at radius 1 is 1.47 bits per heavy atom. The van der Waals surface area contributed by atoms with Crippen LogP contribution in [0.5, 0.6) is 0 Å². The lowest BCUT2D eigenvalue weighted by molar-refractivity contribution is 0.835. The third-order valence-corrected chi connectivity index (χ3v) is 3.87. The normalized spacial score (nSPS) is 14.7. The molecule has 2 aromatic rings. The number of hydrogen-bond acceptors (Lipinski definition) is 5. The molecule has 0 aliphatic carbocycles. The number of hydrogen-bond donors (Lipinski definition) is 1. The second-order valence-corrected chi connectivity index (χ2v) is 4.98. The van der Waals surface area contributed by atoms with Gasteiger partial charge in [0.05, 0.1) is 11.3 Å². The van der Waals surface area contributed by atoms with Crippen LogP contribution in [-0.2, 0) is 11.5 Å². The van der Waals surface area contributed by atoms with E-state index in [0.717, 1.165) is 27.9 Å². The molecule has 0 atom stereocenters. The van der Waals surface area contributed by atoms with Crippen LogP contribution in [0.3, 0.4) is 0 Å². The summed E-state index contributed by atoms with van der Waals surface area (Å²) in [5.74, 6) is 2.06. The summed E-state index contributed by atoms with van der Waals surface area (Å²) in [5, 5.41) is 3.65. The van der Waals surface area contributed by atoms with E-state index in [4.69, 9.17) is 0 Å². The molecule has 0 fully saturated rings. The Labute approximate surface area is 93.7 Å². The second-order valence-electron chi connectivity index (χ2n) is 3.20. The van der Waals surface area contributed by atoms with Crippen LogP contribution in [0.15, 0.2) is 9.95 Å². The standard InChI is InChI=1S/C8H8N4OS2/c1-14-8-10-7-9-5-3-15-2-4(5)6(13)12(7)11-8/h2-3H2,1H3,(H,9,10,11). The Morgan fingerprint density at radius 3 is 3.13 bits per heavy atom. The average molecular weight is 240 g/mol. The molecule has 0 bridgehead atoms. The van der Waals surface area contributed by atoms with Crippen molar-refractivity contribution in [3.63, 3.8) is 0 Å². The molecule has 78 valence electrons. The highest BCUT2D eigenvalue weighted by Crippen LogP contribution is 2.25. The Balaban J connectivity index is 2.38. The fraction of sp³-hybridized carbons (Fsp3) is 0.375. The van der Waals surface area contributed by atoms with Gasteiger partial charge in [-0.2, -0.15) is 21.3 Å². The maximum atomic E-state index is 12.0. The number of nitrogens with one attached hydrogen (secondary N) is 1. The van der Waals surface area contributed by atoms with Gasteiger partial charge < -0.3 is 0 Å². The molecule has 1 aliphatic rings. The van der Waals surface area contributed by atoms with Gasteiger partial charge in [0.2, 0.25) is 0 Å².